The Bertz CT molecular complexity index is 199. The molecule has 0 amide bonds. The van der Waals surface area contributed by atoms with Crippen LogP contribution < -0.4 is 0 Å². The Morgan fingerprint density at radius 3 is 2.33 bits per heavy atom. The Kier molecular flexibility index (Phi) is 3.36. The van der Waals surface area contributed by atoms with Crippen LogP contribution >= 0.6 is 0 Å². The Morgan fingerprint density at radius 1 is 1.27 bits per heavy atom. The summed E-state index contributed by atoms with van der Waals surface area (Å²) in [6, 6.07) is 0. The molecule has 1 heterocycles. The monoisotopic (exact) mass is 211 g/mol. The first-order chi connectivity index (χ1) is 7.13. The number of hydrogen-bond donors (Lipinski definition) is 0. The first-order valence-corrected chi connectivity index (χ1v) is 6.39. The van der Waals surface area contributed by atoms with Gasteiger partial charge in [-0.1, -0.05) is 13.8 Å². The van der Waals surface area contributed by atoms with Crippen LogP contribution in [-0.2, 0) is 4.74 Å². The van der Waals surface area contributed by atoms with Gasteiger partial charge in [-0.05, 0) is 50.1 Å². The van der Waals surface area contributed by atoms with Gasteiger partial charge in [0.25, 0.3) is 0 Å². The summed E-state index contributed by atoms with van der Waals surface area (Å²) in [4.78, 5) is 2.63. The average Bonchev–Trinajstić information content (AvgIpc) is 2.15. The van der Waals surface area contributed by atoms with E-state index in [0.29, 0.717) is 11.5 Å². The summed E-state index contributed by atoms with van der Waals surface area (Å²) in [5.41, 5.74) is 0.675. The lowest BCUT2D eigenvalue weighted by atomic mass is 9.61. The van der Waals surface area contributed by atoms with Crippen molar-refractivity contribution in [3.05, 3.63) is 0 Å². The number of hydrogen-bond acceptors (Lipinski definition) is 2. The van der Waals surface area contributed by atoms with E-state index in [-0.39, 0.29) is 0 Å². The maximum absolute atomic E-state index is 5.39. The van der Waals surface area contributed by atoms with Crippen LogP contribution in [0.5, 0.6) is 0 Å². The molecule has 2 fully saturated rings. The molecule has 0 aromatic rings. The summed E-state index contributed by atoms with van der Waals surface area (Å²) < 4.78 is 5.39. The summed E-state index contributed by atoms with van der Waals surface area (Å²) >= 11 is 0. The van der Waals surface area contributed by atoms with Crippen LogP contribution in [0.15, 0.2) is 0 Å². The Balaban J connectivity index is 1.73. The second kappa shape index (κ2) is 4.42. The lowest BCUT2D eigenvalue weighted by Crippen LogP contribution is -2.50. The van der Waals surface area contributed by atoms with Crippen LogP contribution in [0, 0.1) is 11.3 Å². The average molecular weight is 211 g/mol. The largest absolute Gasteiger partial charge is 0.381 e. The minimum Gasteiger partial charge on any atom is -0.381 e. The summed E-state index contributed by atoms with van der Waals surface area (Å²) in [5, 5.41) is 0. The number of rotatable bonds is 3. The van der Waals surface area contributed by atoms with Gasteiger partial charge in [0.1, 0.15) is 0 Å². The van der Waals surface area contributed by atoms with Crippen LogP contribution in [-0.4, -0.2) is 37.7 Å². The van der Waals surface area contributed by atoms with Gasteiger partial charge in [-0.15, -0.1) is 0 Å². The quantitative estimate of drug-likeness (QED) is 0.711. The minimum absolute atomic E-state index is 0.571. The lowest BCUT2D eigenvalue weighted by Gasteiger charge is -2.51. The molecule has 2 heteroatoms. The molecule has 2 rings (SSSR count). The Hall–Kier alpha value is -0.0800. The van der Waals surface area contributed by atoms with Gasteiger partial charge in [0.05, 0.1) is 6.10 Å². The maximum Gasteiger partial charge on any atom is 0.0582 e. The molecule has 2 aliphatic rings. The molecule has 0 unspecified atom stereocenters. The molecule has 1 saturated heterocycles. The van der Waals surface area contributed by atoms with Gasteiger partial charge in [0.15, 0.2) is 0 Å². The van der Waals surface area contributed by atoms with Crippen molar-refractivity contribution in [3.8, 4) is 0 Å². The van der Waals surface area contributed by atoms with Crippen molar-refractivity contribution in [2.24, 2.45) is 11.3 Å². The van der Waals surface area contributed by atoms with E-state index >= 15 is 0 Å². The third-order valence-electron chi connectivity index (χ3n) is 4.19. The predicted molar refractivity (Wildman–Crippen MR) is 63.0 cm³/mol. The summed E-state index contributed by atoms with van der Waals surface area (Å²) in [5.74, 6) is 0.812. The molecule has 1 saturated carbocycles. The highest BCUT2D eigenvalue weighted by Crippen LogP contribution is 2.50. The first-order valence-electron chi connectivity index (χ1n) is 6.39. The van der Waals surface area contributed by atoms with E-state index in [1.54, 1.807) is 0 Å². The fourth-order valence-electron chi connectivity index (χ4n) is 3.21. The van der Waals surface area contributed by atoms with Gasteiger partial charge in [-0.25, -0.2) is 0 Å². The fraction of sp³-hybridized carbons (Fsp3) is 1.00. The lowest BCUT2D eigenvalue weighted by molar-refractivity contribution is -0.0884. The molecule has 88 valence electrons. The van der Waals surface area contributed by atoms with E-state index in [4.69, 9.17) is 4.74 Å². The van der Waals surface area contributed by atoms with Crippen molar-refractivity contribution in [1.82, 2.24) is 4.90 Å². The molecule has 1 aliphatic carbocycles. The first kappa shape index (κ1) is 11.4. The van der Waals surface area contributed by atoms with Gasteiger partial charge >= 0.3 is 0 Å². The molecular weight excluding hydrogens is 186 g/mol. The molecule has 2 nitrogen and oxygen atoms in total. The van der Waals surface area contributed by atoms with Crippen molar-refractivity contribution in [2.75, 3.05) is 26.7 Å². The Morgan fingerprint density at radius 2 is 1.87 bits per heavy atom. The third kappa shape index (κ3) is 2.54. The molecule has 1 spiro atoms. The fourth-order valence-corrected chi connectivity index (χ4v) is 3.21. The molecular formula is C13H25NO. The van der Waals surface area contributed by atoms with Crippen molar-refractivity contribution < 1.29 is 4.74 Å². The van der Waals surface area contributed by atoms with E-state index in [0.717, 1.165) is 5.92 Å². The highest BCUT2D eigenvalue weighted by molar-refractivity contribution is 4.97. The number of piperidine rings is 1. The second-order valence-corrected chi connectivity index (χ2v) is 5.96. The molecule has 0 radical (unpaired) electrons. The summed E-state index contributed by atoms with van der Waals surface area (Å²) in [7, 11) is 1.85. The summed E-state index contributed by atoms with van der Waals surface area (Å²) in [6.07, 6.45) is 6.01. The standard InChI is InChI=1S/C13H25NO/c1-11(2)10-14-6-4-13(5-7-14)8-12(9-13)15-3/h11-12H,4-10H2,1-3H3. The van der Waals surface area contributed by atoms with Gasteiger partial charge in [0, 0.05) is 13.7 Å². The van der Waals surface area contributed by atoms with E-state index < -0.39 is 0 Å². The zero-order valence-corrected chi connectivity index (χ0v) is 10.5. The zero-order valence-electron chi connectivity index (χ0n) is 10.5. The number of methoxy groups -OCH3 is 1. The molecule has 0 atom stereocenters. The predicted octanol–water partition coefficient (Wildman–Crippen LogP) is 2.53. The van der Waals surface area contributed by atoms with Crippen molar-refractivity contribution in [1.29, 1.82) is 0 Å². The molecule has 0 aromatic heterocycles. The van der Waals surface area contributed by atoms with Crippen molar-refractivity contribution in [2.45, 2.75) is 45.6 Å². The highest BCUT2D eigenvalue weighted by Gasteiger charge is 2.45. The smallest absolute Gasteiger partial charge is 0.0582 e. The van der Waals surface area contributed by atoms with Gasteiger partial charge in [0.2, 0.25) is 0 Å². The van der Waals surface area contributed by atoms with Crippen LogP contribution in [0.3, 0.4) is 0 Å². The van der Waals surface area contributed by atoms with E-state index in [1.165, 1.54) is 45.3 Å². The number of ether oxygens (including phenoxy) is 1. The molecule has 1 aliphatic heterocycles. The molecule has 0 aromatic carbocycles. The summed E-state index contributed by atoms with van der Waals surface area (Å²) in [6.45, 7) is 8.54. The molecule has 0 N–H and O–H groups in total. The van der Waals surface area contributed by atoms with E-state index in [2.05, 4.69) is 18.7 Å². The topological polar surface area (TPSA) is 12.5 Å². The van der Waals surface area contributed by atoms with E-state index in [9.17, 15) is 0 Å². The second-order valence-electron chi connectivity index (χ2n) is 5.96. The van der Waals surface area contributed by atoms with Gasteiger partial charge in [-0.2, -0.15) is 0 Å². The number of nitrogens with zero attached hydrogens (tertiary/aromatic N) is 1. The molecule has 0 bridgehead atoms. The normalized spacial score (nSPS) is 27.2. The van der Waals surface area contributed by atoms with Gasteiger partial charge < -0.3 is 9.64 Å². The van der Waals surface area contributed by atoms with Crippen LogP contribution in [0.4, 0.5) is 0 Å². The SMILES string of the molecule is COC1CC2(CCN(CC(C)C)CC2)C1. The molecule has 15 heavy (non-hydrogen) atoms. The van der Waals surface area contributed by atoms with Crippen molar-refractivity contribution >= 4 is 0 Å². The zero-order chi connectivity index (χ0) is 10.9. The van der Waals surface area contributed by atoms with E-state index in [1.807, 2.05) is 7.11 Å². The van der Waals surface area contributed by atoms with Crippen molar-refractivity contribution in [3.63, 3.8) is 0 Å². The maximum atomic E-state index is 5.39. The highest BCUT2D eigenvalue weighted by atomic mass is 16.5. The van der Waals surface area contributed by atoms with Crippen LogP contribution in [0.2, 0.25) is 0 Å². The van der Waals surface area contributed by atoms with Gasteiger partial charge in [-0.3, -0.25) is 0 Å². The van der Waals surface area contributed by atoms with Crippen LogP contribution in [0.1, 0.15) is 39.5 Å². The Labute approximate surface area is 94.0 Å². The number of likely N-dealkylation sites (tertiary alicyclic amines) is 1. The third-order valence-corrected chi connectivity index (χ3v) is 4.19. The van der Waals surface area contributed by atoms with Crippen LogP contribution in [0.25, 0.3) is 0 Å². The minimum atomic E-state index is 0.571.